The van der Waals surface area contributed by atoms with E-state index in [2.05, 4.69) is 24.1 Å². The van der Waals surface area contributed by atoms with E-state index in [4.69, 9.17) is 34.8 Å². The van der Waals surface area contributed by atoms with Gasteiger partial charge in [0.2, 0.25) is 5.91 Å². The van der Waals surface area contributed by atoms with Crippen molar-refractivity contribution in [3.05, 3.63) is 27.2 Å². The molecule has 1 aromatic rings. The number of anilines is 1. The molecule has 6 heteroatoms. The van der Waals surface area contributed by atoms with Crippen molar-refractivity contribution in [2.24, 2.45) is 0 Å². The molecule has 21 heavy (non-hydrogen) atoms. The van der Waals surface area contributed by atoms with Gasteiger partial charge in [0.1, 0.15) is 0 Å². The minimum absolute atomic E-state index is 0.0871. The Balaban J connectivity index is 2.03. The lowest BCUT2D eigenvalue weighted by atomic mass is 9.97. The first-order valence-corrected chi connectivity index (χ1v) is 8.22. The summed E-state index contributed by atoms with van der Waals surface area (Å²) in [7, 11) is 0. The lowest BCUT2D eigenvalue weighted by Gasteiger charge is -2.38. The molecule has 1 fully saturated rings. The van der Waals surface area contributed by atoms with Gasteiger partial charge < -0.3 is 5.32 Å². The van der Waals surface area contributed by atoms with Crippen molar-refractivity contribution in [3.63, 3.8) is 0 Å². The molecule has 116 valence electrons. The molecule has 2 rings (SSSR count). The van der Waals surface area contributed by atoms with E-state index in [1.807, 2.05) is 0 Å². The van der Waals surface area contributed by atoms with Crippen molar-refractivity contribution in [3.8, 4) is 0 Å². The molecule has 2 unspecified atom stereocenters. The SMILES string of the molecule is CC1CCCC(C)N1CC(=O)Nc1cc(Cl)c(Cl)cc1Cl. The number of amides is 1. The maximum atomic E-state index is 12.2. The quantitative estimate of drug-likeness (QED) is 0.791. The van der Waals surface area contributed by atoms with Gasteiger partial charge in [-0.2, -0.15) is 0 Å². The van der Waals surface area contributed by atoms with Gasteiger partial charge in [0.25, 0.3) is 0 Å². The normalized spacial score (nSPS) is 23.1. The fraction of sp³-hybridized carbons (Fsp3) is 0.533. The number of piperidine rings is 1. The highest BCUT2D eigenvalue weighted by molar-refractivity contribution is 6.44. The third-order valence-corrected chi connectivity index (χ3v) is 5.02. The first-order chi connectivity index (χ1) is 9.88. The zero-order chi connectivity index (χ0) is 15.6. The molecule has 1 heterocycles. The molecule has 1 aromatic carbocycles. The van der Waals surface area contributed by atoms with Crippen molar-refractivity contribution in [1.82, 2.24) is 4.90 Å². The first-order valence-electron chi connectivity index (χ1n) is 7.08. The molecule has 1 amide bonds. The Bertz CT molecular complexity index is 526. The number of rotatable bonds is 3. The van der Waals surface area contributed by atoms with Gasteiger partial charge >= 0.3 is 0 Å². The third kappa shape index (κ3) is 4.26. The standard InChI is InChI=1S/C15H19Cl3N2O/c1-9-4-3-5-10(2)20(9)8-15(21)19-14-7-12(17)11(16)6-13(14)18/h6-7,9-10H,3-5,8H2,1-2H3,(H,19,21). The van der Waals surface area contributed by atoms with E-state index in [0.717, 1.165) is 12.8 Å². The molecular formula is C15H19Cl3N2O. The van der Waals surface area contributed by atoms with Crippen molar-refractivity contribution in [2.45, 2.75) is 45.2 Å². The average molecular weight is 350 g/mol. The molecule has 1 aliphatic rings. The molecule has 0 saturated carbocycles. The summed E-state index contributed by atoms with van der Waals surface area (Å²) in [5.41, 5.74) is 0.494. The molecule has 2 atom stereocenters. The number of nitrogens with zero attached hydrogens (tertiary/aromatic N) is 1. The fourth-order valence-corrected chi connectivity index (χ4v) is 3.35. The number of nitrogens with one attached hydrogen (secondary N) is 1. The Kier molecular flexibility index (Phi) is 5.78. The molecule has 0 aliphatic carbocycles. The van der Waals surface area contributed by atoms with Crippen LogP contribution in [-0.4, -0.2) is 29.4 Å². The fourth-order valence-electron chi connectivity index (χ4n) is 2.76. The third-order valence-electron chi connectivity index (χ3n) is 3.99. The van der Waals surface area contributed by atoms with Gasteiger partial charge in [0, 0.05) is 12.1 Å². The van der Waals surface area contributed by atoms with E-state index in [1.54, 1.807) is 6.07 Å². The van der Waals surface area contributed by atoms with Crippen LogP contribution < -0.4 is 5.32 Å². The largest absolute Gasteiger partial charge is 0.324 e. The predicted octanol–water partition coefficient (Wildman–Crippen LogP) is 4.85. The number of likely N-dealkylation sites (tertiary alicyclic amines) is 1. The maximum absolute atomic E-state index is 12.2. The lowest BCUT2D eigenvalue weighted by molar-refractivity contribution is -0.118. The van der Waals surface area contributed by atoms with Crippen molar-refractivity contribution in [1.29, 1.82) is 0 Å². The average Bonchev–Trinajstić information content (AvgIpc) is 2.40. The molecule has 0 spiro atoms. The number of benzene rings is 1. The van der Waals surface area contributed by atoms with Crippen LogP contribution in [0.1, 0.15) is 33.1 Å². The van der Waals surface area contributed by atoms with Gasteiger partial charge in [-0.05, 0) is 38.8 Å². The molecule has 0 radical (unpaired) electrons. The second kappa shape index (κ2) is 7.19. The Labute approximate surface area is 140 Å². The van der Waals surface area contributed by atoms with Gasteiger partial charge in [-0.3, -0.25) is 9.69 Å². The van der Waals surface area contributed by atoms with E-state index in [-0.39, 0.29) is 5.91 Å². The zero-order valence-corrected chi connectivity index (χ0v) is 14.4. The van der Waals surface area contributed by atoms with E-state index < -0.39 is 0 Å². The first kappa shape index (κ1) is 16.9. The van der Waals surface area contributed by atoms with Gasteiger partial charge in [0.15, 0.2) is 0 Å². The summed E-state index contributed by atoms with van der Waals surface area (Å²) in [5.74, 6) is -0.0871. The van der Waals surface area contributed by atoms with Crippen molar-refractivity contribution in [2.75, 3.05) is 11.9 Å². The van der Waals surface area contributed by atoms with Crippen LogP contribution in [0.3, 0.4) is 0 Å². The van der Waals surface area contributed by atoms with E-state index >= 15 is 0 Å². The van der Waals surface area contributed by atoms with Crippen LogP contribution in [0.5, 0.6) is 0 Å². The molecule has 3 nitrogen and oxygen atoms in total. The van der Waals surface area contributed by atoms with Crippen LogP contribution in [0.25, 0.3) is 0 Å². The second-order valence-corrected chi connectivity index (χ2v) is 6.82. The summed E-state index contributed by atoms with van der Waals surface area (Å²) in [5, 5.41) is 3.94. The van der Waals surface area contributed by atoms with Crippen LogP contribution in [-0.2, 0) is 4.79 Å². The summed E-state index contributed by atoms with van der Waals surface area (Å²) in [4.78, 5) is 14.5. The molecule has 1 saturated heterocycles. The van der Waals surface area contributed by atoms with Crippen molar-refractivity contribution >= 4 is 46.4 Å². The Morgan fingerprint density at radius 1 is 1.14 bits per heavy atom. The zero-order valence-electron chi connectivity index (χ0n) is 12.1. The minimum Gasteiger partial charge on any atom is -0.324 e. The Morgan fingerprint density at radius 3 is 2.33 bits per heavy atom. The molecular weight excluding hydrogens is 331 g/mol. The number of carbonyl (C=O) groups excluding carboxylic acids is 1. The van der Waals surface area contributed by atoms with Crippen LogP contribution in [0.2, 0.25) is 15.1 Å². The smallest absolute Gasteiger partial charge is 0.238 e. The van der Waals surface area contributed by atoms with Gasteiger partial charge in [-0.25, -0.2) is 0 Å². The molecule has 0 aromatic heterocycles. The number of halogens is 3. The summed E-state index contributed by atoms with van der Waals surface area (Å²) in [6, 6.07) is 3.95. The van der Waals surface area contributed by atoms with Crippen LogP contribution in [0.4, 0.5) is 5.69 Å². The lowest BCUT2D eigenvalue weighted by Crippen LogP contribution is -2.47. The summed E-state index contributed by atoms with van der Waals surface area (Å²) in [6.07, 6.45) is 3.48. The number of carbonyl (C=O) groups is 1. The van der Waals surface area contributed by atoms with Crippen LogP contribution in [0.15, 0.2) is 12.1 Å². The maximum Gasteiger partial charge on any atom is 0.238 e. The molecule has 1 N–H and O–H groups in total. The molecule has 0 bridgehead atoms. The van der Waals surface area contributed by atoms with E-state index in [1.165, 1.54) is 12.5 Å². The van der Waals surface area contributed by atoms with Crippen LogP contribution >= 0.6 is 34.8 Å². The molecule has 1 aliphatic heterocycles. The number of hydrogen-bond donors (Lipinski definition) is 1. The Hall–Kier alpha value is -0.480. The Morgan fingerprint density at radius 2 is 1.71 bits per heavy atom. The number of hydrogen-bond acceptors (Lipinski definition) is 2. The monoisotopic (exact) mass is 348 g/mol. The highest BCUT2D eigenvalue weighted by atomic mass is 35.5. The van der Waals surface area contributed by atoms with Crippen molar-refractivity contribution < 1.29 is 4.79 Å². The highest BCUT2D eigenvalue weighted by Crippen LogP contribution is 2.32. The van der Waals surface area contributed by atoms with Gasteiger partial charge in [0.05, 0.1) is 27.3 Å². The summed E-state index contributed by atoms with van der Waals surface area (Å²) >= 11 is 17.9. The minimum atomic E-state index is -0.0871. The summed E-state index contributed by atoms with van der Waals surface area (Å²) < 4.78 is 0. The van der Waals surface area contributed by atoms with E-state index in [0.29, 0.717) is 39.4 Å². The van der Waals surface area contributed by atoms with Gasteiger partial charge in [-0.1, -0.05) is 41.2 Å². The van der Waals surface area contributed by atoms with Gasteiger partial charge in [-0.15, -0.1) is 0 Å². The predicted molar refractivity (Wildman–Crippen MR) is 89.6 cm³/mol. The second-order valence-electron chi connectivity index (χ2n) is 5.60. The van der Waals surface area contributed by atoms with E-state index in [9.17, 15) is 4.79 Å². The summed E-state index contributed by atoms with van der Waals surface area (Å²) in [6.45, 7) is 4.68. The van der Waals surface area contributed by atoms with Crippen LogP contribution in [0, 0.1) is 0 Å². The topological polar surface area (TPSA) is 32.3 Å². The highest BCUT2D eigenvalue weighted by Gasteiger charge is 2.26.